The van der Waals surface area contributed by atoms with Crippen molar-refractivity contribution in [2.45, 2.75) is 418 Å². The van der Waals surface area contributed by atoms with Crippen molar-refractivity contribution in [2.75, 3.05) is 13.2 Å². The zero-order valence-corrected chi connectivity index (χ0v) is 55.9. The molecule has 0 heterocycles. The Kier molecular flexibility index (Phi) is 70.4. The third-order valence-electron chi connectivity index (χ3n) is 17.4. The summed E-state index contributed by atoms with van der Waals surface area (Å²) in [6.45, 7) is 4.95. The predicted octanol–water partition coefficient (Wildman–Crippen LogP) is 24.4. The third-order valence-corrected chi connectivity index (χ3v) is 17.4. The molecule has 0 saturated heterocycles. The number of aliphatic hydroxyl groups excluding tert-OH is 2. The lowest BCUT2D eigenvalue weighted by Gasteiger charge is -2.22. The Bertz CT molecular complexity index is 1390. The van der Waals surface area contributed by atoms with E-state index in [1.807, 2.05) is 0 Å². The highest BCUT2D eigenvalue weighted by atomic mass is 16.5. The molecule has 0 spiro atoms. The van der Waals surface area contributed by atoms with Crippen molar-refractivity contribution in [1.82, 2.24) is 5.32 Å². The van der Waals surface area contributed by atoms with Gasteiger partial charge in [0.05, 0.1) is 25.4 Å². The molecule has 0 aromatic heterocycles. The Balaban J connectivity index is 3.41. The van der Waals surface area contributed by atoms with Crippen LogP contribution in [0.2, 0.25) is 0 Å². The van der Waals surface area contributed by atoms with E-state index in [4.69, 9.17) is 4.74 Å². The van der Waals surface area contributed by atoms with Crippen molar-refractivity contribution in [3.63, 3.8) is 0 Å². The molecule has 0 fully saturated rings. The molecule has 83 heavy (non-hydrogen) atoms. The van der Waals surface area contributed by atoms with Crippen molar-refractivity contribution in [1.29, 1.82) is 0 Å². The zero-order chi connectivity index (χ0) is 59.9. The van der Waals surface area contributed by atoms with Gasteiger partial charge in [-0.05, 0) is 89.9 Å². The van der Waals surface area contributed by atoms with E-state index in [0.29, 0.717) is 25.9 Å². The Labute approximate surface area is 518 Å². The molecular formula is C77H145NO5. The third kappa shape index (κ3) is 68.8. The van der Waals surface area contributed by atoms with Crippen LogP contribution < -0.4 is 5.32 Å². The van der Waals surface area contributed by atoms with Crippen LogP contribution in [0, 0.1) is 0 Å². The summed E-state index contributed by atoms with van der Waals surface area (Å²) in [5.74, 6) is -0.0336. The molecule has 0 aromatic rings. The molecule has 0 rings (SSSR count). The van der Waals surface area contributed by atoms with Crippen LogP contribution in [-0.4, -0.2) is 47.4 Å². The van der Waals surface area contributed by atoms with Gasteiger partial charge in [0.25, 0.3) is 0 Å². The van der Waals surface area contributed by atoms with Gasteiger partial charge < -0.3 is 20.3 Å². The number of hydrogen-bond acceptors (Lipinski definition) is 5. The minimum atomic E-state index is -0.667. The summed E-state index contributed by atoms with van der Waals surface area (Å²) in [7, 11) is 0. The molecule has 6 heteroatoms. The van der Waals surface area contributed by atoms with Gasteiger partial charge in [-0.15, -0.1) is 0 Å². The smallest absolute Gasteiger partial charge is 0.305 e. The van der Waals surface area contributed by atoms with E-state index in [1.54, 1.807) is 0 Å². The quantitative estimate of drug-likeness (QED) is 0.0320. The summed E-state index contributed by atoms with van der Waals surface area (Å²) >= 11 is 0. The molecular weight excluding hydrogens is 1020 g/mol. The summed E-state index contributed by atoms with van der Waals surface area (Å²) in [6.07, 6.45) is 94.6. The second-order valence-electron chi connectivity index (χ2n) is 25.6. The number of hydrogen-bond donors (Lipinski definition) is 3. The van der Waals surface area contributed by atoms with E-state index in [9.17, 15) is 19.8 Å². The van der Waals surface area contributed by atoms with Gasteiger partial charge in [0.2, 0.25) is 5.91 Å². The highest BCUT2D eigenvalue weighted by Gasteiger charge is 2.20. The number of ether oxygens (including phenoxy) is 1. The number of carbonyl (C=O) groups is 2. The van der Waals surface area contributed by atoms with Crippen molar-refractivity contribution >= 4 is 11.9 Å². The summed E-state index contributed by atoms with van der Waals surface area (Å²) in [5, 5.41) is 23.4. The number of allylic oxidation sites excluding steroid dienone is 8. The van der Waals surface area contributed by atoms with E-state index in [2.05, 4.69) is 67.8 Å². The number of unbranched alkanes of at least 4 members (excludes halogenated alkanes) is 51. The van der Waals surface area contributed by atoms with Crippen LogP contribution in [-0.2, 0) is 14.3 Å². The lowest BCUT2D eigenvalue weighted by molar-refractivity contribution is -0.143. The molecule has 2 unspecified atom stereocenters. The van der Waals surface area contributed by atoms with Crippen LogP contribution in [0.5, 0.6) is 0 Å². The molecule has 1 amide bonds. The monoisotopic (exact) mass is 1160 g/mol. The van der Waals surface area contributed by atoms with Gasteiger partial charge in [0.1, 0.15) is 0 Å². The Morgan fingerprint density at radius 1 is 0.337 bits per heavy atom. The van der Waals surface area contributed by atoms with E-state index in [1.165, 1.54) is 315 Å². The fourth-order valence-corrected chi connectivity index (χ4v) is 11.6. The minimum absolute atomic E-state index is 0.00168. The van der Waals surface area contributed by atoms with Gasteiger partial charge in [-0.1, -0.05) is 351 Å². The average Bonchev–Trinajstić information content (AvgIpc) is 3.49. The topological polar surface area (TPSA) is 95.9 Å². The van der Waals surface area contributed by atoms with E-state index >= 15 is 0 Å². The molecule has 488 valence electrons. The number of amides is 1. The Morgan fingerprint density at radius 3 is 0.940 bits per heavy atom. The van der Waals surface area contributed by atoms with Crippen LogP contribution in [0.25, 0.3) is 0 Å². The van der Waals surface area contributed by atoms with Gasteiger partial charge in [-0.2, -0.15) is 0 Å². The molecule has 0 radical (unpaired) electrons. The standard InChI is InChI=1S/C77H145NO5/c1-3-5-7-9-11-13-15-17-19-20-21-22-32-35-38-42-45-49-53-57-61-65-69-75(80)74(73-79)78-76(81)70-66-62-58-54-50-46-43-39-36-33-30-28-26-24-23-25-27-29-31-34-37-40-44-48-52-56-60-64-68-72-83-77(82)71-67-63-59-55-51-47-41-18-16-14-12-10-8-6-4-2/h12,14,18,23,25,29,31,41,74-75,79-80H,3-11,13,15-17,19-22,24,26-28,30,32-40,42-73H2,1-2H3,(H,78,81)/b14-12-,25-23-,31-29-,41-18-. The fourth-order valence-electron chi connectivity index (χ4n) is 11.6. The van der Waals surface area contributed by atoms with Crippen molar-refractivity contribution < 1.29 is 24.5 Å². The first kappa shape index (κ1) is 80.8. The summed E-state index contributed by atoms with van der Waals surface area (Å²) in [5.41, 5.74) is 0. The minimum Gasteiger partial charge on any atom is -0.466 e. The molecule has 0 aliphatic rings. The number of esters is 1. The summed E-state index contributed by atoms with van der Waals surface area (Å²) in [4.78, 5) is 24.6. The second-order valence-corrected chi connectivity index (χ2v) is 25.6. The number of rotatable bonds is 70. The summed E-state index contributed by atoms with van der Waals surface area (Å²) < 4.78 is 5.48. The first-order valence-electron chi connectivity index (χ1n) is 37.4. The average molecular weight is 1170 g/mol. The second kappa shape index (κ2) is 72.3. The van der Waals surface area contributed by atoms with E-state index < -0.39 is 12.1 Å². The SMILES string of the molecule is CCCCC/C=C\C/C=C\CCCCCCCC(=O)OCCCCCCCCCCC/C=C\C/C=C\CCCCCCCCCCCCCCCC(=O)NC(CO)C(O)CCCCCCCCCCCCCCCCCCCCCCCC. The van der Waals surface area contributed by atoms with Crippen LogP contribution in [0.15, 0.2) is 48.6 Å². The van der Waals surface area contributed by atoms with Crippen molar-refractivity contribution in [3.05, 3.63) is 48.6 Å². The lowest BCUT2D eigenvalue weighted by atomic mass is 10.0. The maximum Gasteiger partial charge on any atom is 0.305 e. The number of aliphatic hydroxyl groups is 2. The van der Waals surface area contributed by atoms with Crippen molar-refractivity contribution in [3.8, 4) is 0 Å². The summed E-state index contributed by atoms with van der Waals surface area (Å²) in [6, 6.07) is -0.544. The maximum absolute atomic E-state index is 12.6. The highest BCUT2D eigenvalue weighted by Crippen LogP contribution is 2.19. The molecule has 0 bridgehead atoms. The van der Waals surface area contributed by atoms with Gasteiger partial charge >= 0.3 is 5.97 Å². The highest BCUT2D eigenvalue weighted by molar-refractivity contribution is 5.76. The van der Waals surface area contributed by atoms with Gasteiger partial charge in [0, 0.05) is 12.8 Å². The maximum atomic E-state index is 12.6. The number of carbonyl (C=O) groups excluding carboxylic acids is 2. The molecule has 3 N–H and O–H groups in total. The van der Waals surface area contributed by atoms with E-state index in [0.717, 1.165) is 57.8 Å². The Hall–Kier alpha value is -2.18. The van der Waals surface area contributed by atoms with Gasteiger partial charge in [-0.25, -0.2) is 0 Å². The lowest BCUT2D eigenvalue weighted by Crippen LogP contribution is -2.45. The molecule has 2 atom stereocenters. The van der Waals surface area contributed by atoms with Crippen LogP contribution in [0.4, 0.5) is 0 Å². The van der Waals surface area contributed by atoms with Crippen molar-refractivity contribution in [2.24, 2.45) is 0 Å². The molecule has 6 nitrogen and oxygen atoms in total. The molecule has 0 aromatic carbocycles. The van der Waals surface area contributed by atoms with Crippen LogP contribution in [0.3, 0.4) is 0 Å². The molecule has 0 aliphatic heterocycles. The van der Waals surface area contributed by atoms with Crippen LogP contribution >= 0.6 is 0 Å². The predicted molar refractivity (Wildman–Crippen MR) is 366 cm³/mol. The van der Waals surface area contributed by atoms with Crippen LogP contribution in [0.1, 0.15) is 406 Å². The largest absolute Gasteiger partial charge is 0.466 e. The first-order valence-corrected chi connectivity index (χ1v) is 37.4. The molecule has 0 aliphatic carbocycles. The Morgan fingerprint density at radius 2 is 0.602 bits per heavy atom. The number of nitrogens with one attached hydrogen (secondary N) is 1. The zero-order valence-electron chi connectivity index (χ0n) is 55.9. The van der Waals surface area contributed by atoms with E-state index in [-0.39, 0.29) is 18.5 Å². The fraction of sp³-hybridized carbons (Fsp3) is 0.870. The normalized spacial score (nSPS) is 12.8. The first-order chi connectivity index (χ1) is 41.0. The molecule has 0 saturated carbocycles. The van der Waals surface area contributed by atoms with Gasteiger partial charge in [-0.3, -0.25) is 9.59 Å². The van der Waals surface area contributed by atoms with Gasteiger partial charge in [0.15, 0.2) is 0 Å².